The van der Waals surface area contributed by atoms with E-state index in [0.717, 1.165) is 22.6 Å². The van der Waals surface area contributed by atoms with Gasteiger partial charge >= 0.3 is 0 Å². The smallest absolute Gasteiger partial charge is 0.134 e. The molecule has 2 heterocycles. The van der Waals surface area contributed by atoms with Crippen LogP contribution in [0.2, 0.25) is 0 Å². The Balaban J connectivity index is 1.91. The van der Waals surface area contributed by atoms with E-state index in [0.29, 0.717) is 10.6 Å². The van der Waals surface area contributed by atoms with Gasteiger partial charge < -0.3 is 4.74 Å². The predicted octanol–water partition coefficient (Wildman–Crippen LogP) is 4.28. The lowest BCUT2D eigenvalue weighted by atomic mass is 10.1. The van der Waals surface area contributed by atoms with E-state index in [1.165, 1.54) is 11.3 Å². The molecular weight excluding hydrogens is 306 g/mol. The molecule has 0 N–H and O–H groups in total. The molecule has 1 aromatic carbocycles. The molecule has 0 fully saturated rings. The molecule has 0 aliphatic carbocycles. The third kappa shape index (κ3) is 3.44. The predicted molar refractivity (Wildman–Crippen MR) is 91.8 cm³/mol. The summed E-state index contributed by atoms with van der Waals surface area (Å²) in [6.45, 7) is 0. The van der Waals surface area contributed by atoms with Crippen molar-refractivity contribution < 1.29 is 4.74 Å². The van der Waals surface area contributed by atoms with E-state index in [9.17, 15) is 5.26 Å². The normalized spacial score (nSPS) is 11.0. The van der Waals surface area contributed by atoms with Gasteiger partial charge in [0.1, 0.15) is 16.8 Å². The summed E-state index contributed by atoms with van der Waals surface area (Å²) in [6.07, 6.45) is 5.22. The number of hydrogen-bond acceptors (Lipinski definition) is 5. The molecular formula is C18H13N3OS. The van der Waals surface area contributed by atoms with E-state index >= 15 is 0 Å². The molecule has 5 heteroatoms. The summed E-state index contributed by atoms with van der Waals surface area (Å²) in [6, 6.07) is 13.6. The van der Waals surface area contributed by atoms with Crippen molar-refractivity contribution in [3.8, 4) is 23.1 Å². The lowest BCUT2D eigenvalue weighted by Crippen LogP contribution is -1.85. The molecule has 4 nitrogen and oxygen atoms in total. The molecule has 0 radical (unpaired) electrons. The quantitative estimate of drug-likeness (QED) is 0.674. The SMILES string of the molecule is COc1ccc(-c2csc(C(C#N)=Cc3cccnc3)n2)cc1. The number of nitriles is 1. The van der Waals surface area contributed by atoms with E-state index in [2.05, 4.69) is 16.0 Å². The van der Waals surface area contributed by atoms with Crippen LogP contribution in [0.5, 0.6) is 5.75 Å². The fourth-order valence-electron chi connectivity index (χ4n) is 2.06. The maximum Gasteiger partial charge on any atom is 0.134 e. The Kier molecular flexibility index (Phi) is 4.46. The number of thiazole rings is 1. The lowest BCUT2D eigenvalue weighted by Gasteiger charge is -2.00. The van der Waals surface area contributed by atoms with Crippen molar-refractivity contribution in [2.75, 3.05) is 7.11 Å². The van der Waals surface area contributed by atoms with Crippen LogP contribution in [0.1, 0.15) is 10.6 Å². The summed E-state index contributed by atoms with van der Waals surface area (Å²) in [7, 11) is 1.64. The second-order valence-corrected chi connectivity index (χ2v) is 5.58. The van der Waals surface area contributed by atoms with Crippen molar-refractivity contribution in [1.82, 2.24) is 9.97 Å². The molecule has 112 valence electrons. The Morgan fingerprint density at radius 1 is 1.26 bits per heavy atom. The van der Waals surface area contributed by atoms with Crippen LogP contribution in [0, 0.1) is 11.3 Å². The monoisotopic (exact) mass is 319 g/mol. The van der Waals surface area contributed by atoms with E-state index < -0.39 is 0 Å². The highest BCUT2D eigenvalue weighted by Gasteiger charge is 2.09. The lowest BCUT2D eigenvalue weighted by molar-refractivity contribution is 0.415. The van der Waals surface area contributed by atoms with Gasteiger partial charge in [-0.1, -0.05) is 6.07 Å². The number of pyridine rings is 1. The Labute approximate surface area is 138 Å². The number of hydrogen-bond donors (Lipinski definition) is 0. The standard InChI is InChI=1S/C18H13N3OS/c1-22-16-6-4-14(5-7-16)17-12-23-18(21-17)15(10-19)9-13-3-2-8-20-11-13/h2-9,11-12H,1H3. The molecule has 0 bridgehead atoms. The molecule has 23 heavy (non-hydrogen) atoms. The van der Waals surface area contributed by atoms with Gasteiger partial charge in [-0.15, -0.1) is 11.3 Å². The Morgan fingerprint density at radius 3 is 2.74 bits per heavy atom. The molecule has 0 unspecified atom stereocenters. The van der Waals surface area contributed by atoms with Crippen molar-refractivity contribution in [1.29, 1.82) is 5.26 Å². The van der Waals surface area contributed by atoms with Crippen LogP contribution in [-0.2, 0) is 0 Å². The van der Waals surface area contributed by atoms with Gasteiger partial charge in [0, 0.05) is 23.3 Å². The number of aromatic nitrogens is 2. The molecule has 2 aromatic heterocycles. The summed E-state index contributed by atoms with van der Waals surface area (Å²) >= 11 is 1.45. The third-order valence-corrected chi connectivity index (χ3v) is 4.11. The largest absolute Gasteiger partial charge is 0.497 e. The molecule has 0 saturated carbocycles. The van der Waals surface area contributed by atoms with Gasteiger partial charge in [-0.3, -0.25) is 4.98 Å². The molecule has 3 rings (SSSR count). The molecule has 0 atom stereocenters. The summed E-state index contributed by atoms with van der Waals surface area (Å²) in [5, 5.41) is 12.0. The molecule has 0 aliphatic heterocycles. The number of nitrogens with zero attached hydrogens (tertiary/aromatic N) is 3. The van der Waals surface area contributed by atoms with Gasteiger partial charge in [-0.05, 0) is 42.0 Å². The van der Waals surface area contributed by atoms with Gasteiger partial charge in [0.2, 0.25) is 0 Å². The average Bonchev–Trinajstić information content (AvgIpc) is 3.10. The number of methoxy groups -OCH3 is 1. The first-order valence-corrected chi connectivity index (χ1v) is 7.80. The Bertz CT molecular complexity index is 861. The van der Waals surface area contributed by atoms with Crippen molar-refractivity contribution in [2.45, 2.75) is 0 Å². The van der Waals surface area contributed by atoms with Crippen molar-refractivity contribution in [2.24, 2.45) is 0 Å². The average molecular weight is 319 g/mol. The fourth-order valence-corrected chi connectivity index (χ4v) is 2.86. The van der Waals surface area contributed by atoms with Gasteiger partial charge in [0.15, 0.2) is 0 Å². The van der Waals surface area contributed by atoms with Gasteiger partial charge in [0.05, 0.1) is 18.4 Å². The van der Waals surface area contributed by atoms with Crippen molar-refractivity contribution >= 4 is 23.0 Å². The highest BCUT2D eigenvalue weighted by molar-refractivity contribution is 7.11. The Hall–Kier alpha value is -2.97. The van der Waals surface area contributed by atoms with Crippen molar-refractivity contribution in [3.63, 3.8) is 0 Å². The number of benzene rings is 1. The van der Waals surface area contributed by atoms with E-state index in [-0.39, 0.29) is 0 Å². The van der Waals surface area contributed by atoms with Gasteiger partial charge in [-0.25, -0.2) is 4.98 Å². The third-order valence-electron chi connectivity index (χ3n) is 3.24. The van der Waals surface area contributed by atoms with Crippen molar-refractivity contribution in [3.05, 3.63) is 64.7 Å². The van der Waals surface area contributed by atoms with E-state index in [1.807, 2.05) is 41.8 Å². The van der Waals surface area contributed by atoms with Crippen LogP contribution in [0.3, 0.4) is 0 Å². The fraction of sp³-hybridized carbons (Fsp3) is 0.0556. The van der Waals surface area contributed by atoms with Crippen LogP contribution >= 0.6 is 11.3 Å². The number of allylic oxidation sites excluding steroid dienone is 1. The van der Waals surface area contributed by atoms with Crippen LogP contribution in [0.4, 0.5) is 0 Å². The highest BCUT2D eigenvalue weighted by Crippen LogP contribution is 2.28. The van der Waals surface area contributed by atoms with Gasteiger partial charge in [-0.2, -0.15) is 5.26 Å². The minimum Gasteiger partial charge on any atom is -0.497 e. The minimum atomic E-state index is 0.530. The zero-order chi connectivity index (χ0) is 16.1. The first-order valence-electron chi connectivity index (χ1n) is 6.92. The van der Waals surface area contributed by atoms with Crippen LogP contribution < -0.4 is 4.74 Å². The maximum atomic E-state index is 9.40. The minimum absolute atomic E-state index is 0.530. The van der Waals surface area contributed by atoms with Crippen LogP contribution in [0.25, 0.3) is 22.9 Å². The zero-order valence-corrected chi connectivity index (χ0v) is 13.2. The molecule has 0 aliphatic rings. The molecule has 0 amide bonds. The summed E-state index contributed by atoms with van der Waals surface area (Å²) in [5.74, 6) is 0.804. The summed E-state index contributed by atoms with van der Waals surface area (Å²) in [5.41, 5.74) is 3.25. The van der Waals surface area contributed by atoms with Gasteiger partial charge in [0.25, 0.3) is 0 Å². The topological polar surface area (TPSA) is 58.8 Å². The first kappa shape index (κ1) is 14.9. The van der Waals surface area contributed by atoms with Crippen LogP contribution in [-0.4, -0.2) is 17.1 Å². The zero-order valence-electron chi connectivity index (χ0n) is 12.4. The maximum absolute atomic E-state index is 9.40. The second kappa shape index (κ2) is 6.86. The highest BCUT2D eigenvalue weighted by atomic mass is 32.1. The van der Waals surface area contributed by atoms with E-state index in [4.69, 9.17) is 4.74 Å². The van der Waals surface area contributed by atoms with Crippen LogP contribution in [0.15, 0.2) is 54.2 Å². The summed E-state index contributed by atoms with van der Waals surface area (Å²) < 4.78 is 5.16. The molecule has 3 aromatic rings. The molecule has 0 saturated heterocycles. The number of rotatable bonds is 4. The summed E-state index contributed by atoms with van der Waals surface area (Å²) in [4.78, 5) is 8.62. The van der Waals surface area contributed by atoms with E-state index in [1.54, 1.807) is 25.6 Å². The Morgan fingerprint density at radius 2 is 2.09 bits per heavy atom. The molecule has 0 spiro atoms. The second-order valence-electron chi connectivity index (χ2n) is 4.72. The first-order chi connectivity index (χ1) is 11.3. The number of ether oxygens (including phenoxy) is 1.